The minimum atomic E-state index is 0.0828. The van der Waals surface area contributed by atoms with Crippen molar-refractivity contribution >= 4 is 5.91 Å². The summed E-state index contributed by atoms with van der Waals surface area (Å²) in [5.74, 6) is 0.0828. The van der Waals surface area contributed by atoms with E-state index in [2.05, 4.69) is 18.7 Å². The van der Waals surface area contributed by atoms with Gasteiger partial charge in [-0.25, -0.2) is 0 Å². The molecule has 1 amide bonds. The van der Waals surface area contributed by atoms with Gasteiger partial charge < -0.3 is 9.80 Å². The summed E-state index contributed by atoms with van der Waals surface area (Å²) in [7, 11) is 1.83. The summed E-state index contributed by atoms with van der Waals surface area (Å²) in [5, 5.41) is 0. The summed E-state index contributed by atoms with van der Waals surface area (Å²) < 4.78 is 0. The van der Waals surface area contributed by atoms with Gasteiger partial charge in [0.1, 0.15) is 6.17 Å². The Morgan fingerprint density at radius 1 is 1.50 bits per heavy atom. The van der Waals surface area contributed by atoms with Crippen molar-refractivity contribution in [3.63, 3.8) is 0 Å². The first-order valence-electron chi connectivity index (χ1n) is 4.26. The van der Waals surface area contributed by atoms with Gasteiger partial charge in [-0.1, -0.05) is 0 Å². The van der Waals surface area contributed by atoms with Crippen LogP contribution in [0.2, 0.25) is 0 Å². The summed E-state index contributed by atoms with van der Waals surface area (Å²) in [6, 6.07) is 0.437. The molecule has 1 aliphatic rings. The van der Waals surface area contributed by atoms with Crippen molar-refractivity contribution in [1.29, 1.82) is 0 Å². The summed E-state index contributed by atoms with van der Waals surface area (Å²) in [4.78, 5) is 15.1. The molecule has 1 rings (SSSR count). The lowest BCUT2D eigenvalue weighted by Crippen LogP contribution is -2.49. The molecule has 0 saturated carbocycles. The van der Waals surface area contributed by atoms with Gasteiger partial charge in [0.2, 0.25) is 5.91 Å². The first kappa shape index (κ1) is 9.10. The van der Waals surface area contributed by atoms with Crippen LogP contribution in [0.15, 0.2) is 12.3 Å². The maximum absolute atomic E-state index is 11.2. The fraction of sp³-hybridized carbons (Fsp3) is 0.667. The normalized spacial score (nSPS) is 24.1. The van der Waals surface area contributed by atoms with E-state index in [1.807, 2.05) is 20.2 Å². The van der Waals surface area contributed by atoms with Gasteiger partial charge in [0.05, 0.1) is 0 Å². The van der Waals surface area contributed by atoms with Gasteiger partial charge in [-0.05, 0) is 20.8 Å². The summed E-state index contributed by atoms with van der Waals surface area (Å²) in [6.45, 7) is 6.26. The Labute approximate surface area is 73.6 Å². The quantitative estimate of drug-likeness (QED) is 0.584. The SMILES string of the molecule is CC(C)N1C=CC(=O)N(C)C1C. The van der Waals surface area contributed by atoms with Crippen LogP contribution >= 0.6 is 0 Å². The van der Waals surface area contributed by atoms with Crippen molar-refractivity contribution in [3.8, 4) is 0 Å². The number of likely N-dealkylation sites (N-methyl/N-ethyl adjacent to an activating group) is 1. The molecule has 0 aromatic heterocycles. The van der Waals surface area contributed by atoms with E-state index < -0.39 is 0 Å². The molecule has 0 radical (unpaired) electrons. The van der Waals surface area contributed by atoms with Gasteiger partial charge >= 0.3 is 0 Å². The molecule has 0 bridgehead atoms. The molecule has 68 valence electrons. The fourth-order valence-electron chi connectivity index (χ4n) is 1.38. The highest BCUT2D eigenvalue weighted by atomic mass is 16.2. The maximum Gasteiger partial charge on any atom is 0.249 e. The smallest absolute Gasteiger partial charge is 0.249 e. The molecule has 1 atom stereocenters. The number of hydrogen-bond donors (Lipinski definition) is 0. The molecule has 12 heavy (non-hydrogen) atoms. The molecule has 1 aliphatic heterocycles. The Balaban J connectivity index is 2.81. The zero-order valence-electron chi connectivity index (χ0n) is 8.11. The highest BCUT2D eigenvalue weighted by Crippen LogP contribution is 2.14. The number of carbonyl (C=O) groups excluding carboxylic acids is 1. The van der Waals surface area contributed by atoms with Gasteiger partial charge in [-0.15, -0.1) is 0 Å². The van der Waals surface area contributed by atoms with Crippen LogP contribution in [0, 0.1) is 0 Å². The molecule has 0 fully saturated rings. The van der Waals surface area contributed by atoms with Gasteiger partial charge in [0, 0.05) is 25.4 Å². The minimum Gasteiger partial charge on any atom is -0.355 e. The molecule has 0 aromatic rings. The maximum atomic E-state index is 11.2. The number of carbonyl (C=O) groups is 1. The predicted molar refractivity (Wildman–Crippen MR) is 48.3 cm³/mol. The van der Waals surface area contributed by atoms with Gasteiger partial charge in [0.15, 0.2) is 0 Å². The first-order chi connectivity index (χ1) is 5.54. The largest absolute Gasteiger partial charge is 0.355 e. The van der Waals surface area contributed by atoms with Crippen molar-refractivity contribution in [3.05, 3.63) is 12.3 Å². The Bertz CT molecular complexity index is 211. The Morgan fingerprint density at radius 3 is 2.58 bits per heavy atom. The minimum absolute atomic E-state index is 0.0828. The van der Waals surface area contributed by atoms with Crippen molar-refractivity contribution in [2.45, 2.75) is 33.0 Å². The van der Waals surface area contributed by atoms with Gasteiger partial charge in [0.25, 0.3) is 0 Å². The zero-order valence-corrected chi connectivity index (χ0v) is 8.11. The summed E-state index contributed by atoms with van der Waals surface area (Å²) in [5.41, 5.74) is 0. The van der Waals surface area contributed by atoms with Crippen LogP contribution in [-0.2, 0) is 4.79 Å². The van der Waals surface area contributed by atoms with E-state index in [1.165, 1.54) is 0 Å². The molecule has 1 heterocycles. The molecular weight excluding hydrogens is 152 g/mol. The third-order valence-corrected chi connectivity index (χ3v) is 2.33. The van der Waals surface area contributed by atoms with E-state index in [0.29, 0.717) is 6.04 Å². The number of rotatable bonds is 1. The predicted octanol–water partition coefficient (Wildman–Crippen LogP) is 1.03. The highest BCUT2D eigenvalue weighted by Gasteiger charge is 2.24. The second-order valence-corrected chi connectivity index (χ2v) is 3.44. The Kier molecular flexibility index (Phi) is 2.40. The van der Waals surface area contributed by atoms with Crippen LogP contribution in [0.5, 0.6) is 0 Å². The lowest BCUT2D eigenvalue weighted by Gasteiger charge is -2.39. The molecule has 0 aliphatic carbocycles. The average molecular weight is 168 g/mol. The van der Waals surface area contributed by atoms with E-state index in [1.54, 1.807) is 11.0 Å². The van der Waals surface area contributed by atoms with Gasteiger partial charge in [-0.2, -0.15) is 0 Å². The van der Waals surface area contributed by atoms with Gasteiger partial charge in [-0.3, -0.25) is 4.79 Å². The highest BCUT2D eigenvalue weighted by molar-refractivity contribution is 5.88. The second kappa shape index (κ2) is 3.17. The third-order valence-electron chi connectivity index (χ3n) is 2.33. The van der Waals surface area contributed by atoms with E-state index >= 15 is 0 Å². The van der Waals surface area contributed by atoms with E-state index in [0.717, 1.165) is 0 Å². The fourth-order valence-corrected chi connectivity index (χ4v) is 1.38. The van der Waals surface area contributed by atoms with Crippen molar-refractivity contribution in [2.75, 3.05) is 7.05 Å². The van der Waals surface area contributed by atoms with Crippen LogP contribution in [0.4, 0.5) is 0 Å². The van der Waals surface area contributed by atoms with Crippen LogP contribution in [0.1, 0.15) is 20.8 Å². The molecule has 0 aromatic carbocycles. The first-order valence-corrected chi connectivity index (χ1v) is 4.26. The van der Waals surface area contributed by atoms with E-state index in [-0.39, 0.29) is 12.1 Å². The lowest BCUT2D eigenvalue weighted by atomic mass is 10.2. The molecule has 0 saturated heterocycles. The Morgan fingerprint density at radius 2 is 2.08 bits per heavy atom. The van der Waals surface area contributed by atoms with Crippen molar-refractivity contribution in [2.24, 2.45) is 0 Å². The second-order valence-electron chi connectivity index (χ2n) is 3.44. The average Bonchev–Trinajstić information content (AvgIpc) is 2.00. The monoisotopic (exact) mass is 168 g/mol. The lowest BCUT2D eigenvalue weighted by molar-refractivity contribution is -0.131. The van der Waals surface area contributed by atoms with E-state index in [4.69, 9.17) is 0 Å². The number of nitrogens with zero attached hydrogens (tertiary/aromatic N) is 2. The Hall–Kier alpha value is -0.990. The standard InChI is InChI=1S/C9H16N2O/c1-7(2)11-6-5-9(12)10(4)8(11)3/h5-8H,1-4H3. The molecule has 1 unspecified atom stereocenters. The molecule has 3 heteroatoms. The molecular formula is C9H16N2O. The molecule has 3 nitrogen and oxygen atoms in total. The van der Waals surface area contributed by atoms with Crippen LogP contribution in [0.25, 0.3) is 0 Å². The zero-order chi connectivity index (χ0) is 9.30. The third kappa shape index (κ3) is 1.44. The van der Waals surface area contributed by atoms with Crippen molar-refractivity contribution < 1.29 is 4.79 Å². The molecule has 0 N–H and O–H groups in total. The number of hydrogen-bond acceptors (Lipinski definition) is 2. The number of amides is 1. The topological polar surface area (TPSA) is 23.6 Å². The summed E-state index contributed by atoms with van der Waals surface area (Å²) in [6.07, 6.45) is 3.65. The summed E-state index contributed by atoms with van der Waals surface area (Å²) >= 11 is 0. The van der Waals surface area contributed by atoms with Crippen molar-refractivity contribution in [1.82, 2.24) is 9.80 Å². The van der Waals surface area contributed by atoms with Crippen LogP contribution in [0.3, 0.4) is 0 Å². The van der Waals surface area contributed by atoms with Crippen LogP contribution < -0.4 is 0 Å². The van der Waals surface area contributed by atoms with Crippen LogP contribution in [-0.4, -0.2) is 35.0 Å². The molecule has 0 spiro atoms. The van der Waals surface area contributed by atoms with E-state index in [9.17, 15) is 4.79 Å².